The Labute approximate surface area is 185 Å². The predicted octanol–water partition coefficient (Wildman–Crippen LogP) is 7.55. The van der Waals surface area contributed by atoms with Crippen molar-refractivity contribution < 1.29 is 9.84 Å². The highest BCUT2D eigenvalue weighted by molar-refractivity contribution is 5.98. The molecular weight excluding hydrogens is 380 g/mol. The molecule has 1 unspecified atom stereocenters. The third-order valence-corrected chi connectivity index (χ3v) is 5.99. The normalized spacial score (nSPS) is 16.5. The number of rotatable bonds is 8. The molecule has 3 aromatic rings. The first-order valence-corrected chi connectivity index (χ1v) is 11.1. The van der Waals surface area contributed by atoms with E-state index >= 15 is 0 Å². The quantitative estimate of drug-likeness (QED) is 0.389. The van der Waals surface area contributed by atoms with Gasteiger partial charge in [0.05, 0.1) is 12.7 Å². The number of ether oxygens (including phenoxy) is 1. The van der Waals surface area contributed by atoms with Crippen LogP contribution >= 0.6 is 0 Å². The summed E-state index contributed by atoms with van der Waals surface area (Å²) >= 11 is 0. The van der Waals surface area contributed by atoms with Crippen molar-refractivity contribution >= 4 is 22.4 Å². The Balaban J connectivity index is 1.65. The molecule has 2 nitrogen and oxygen atoms in total. The average molecular weight is 411 g/mol. The molecule has 3 aromatic carbocycles. The lowest BCUT2D eigenvalue weighted by atomic mass is 9.91. The van der Waals surface area contributed by atoms with Gasteiger partial charge in [-0.3, -0.25) is 0 Å². The van der Waals surface area contributed by atoms with Gasteiger partial charge in [-0.1, -0.05) is 92.7 Å². The Hall–Kier alpha value is -3.10. The summed E-state index contributed by atoms with van der Waals surface area (Å²) in [6, 6.07) is 22.3. The van der Waals surface area contributed by atoms with Gasteiger partial charge in [0.2, 0.25) is 0 Å². The van der Waals surface area contributed by atoms with Crippen LogP contribution in [0.5, 0.6) is 5.75 Å². The van der Waals surface area contributed by atoms with Gasteiger partial charge < -0.3 is 9.84 Å². The molecule has 158 valence electrons. The zero-order chi connectivity index (χ0) is 21.6. The molecule has 1 atom stereocenters. The van der Waals surface area contributed by atoms with Crippen molar-refractivity contribution in [2.75, 3.05) is 6.61 Å². The predicted molar refractivity (Wildman–Crippen MR) is 131 cm³/mol. The minimum atomic E-state index is 0.114. The fraction of sp³-hybridized carbons (Fsp3) is 0.241. The second-order valence-corrected chi connectivity index (χ2v) is 8.13. The molecule has 0 bridgehead atoms. The number of phenols is 1. The first-order chi connectivity index (χ1) is 15.2. The van der Waals surface area contributed by atoms with Crippen LogP contribution in [0.4, 0.5) is 0 Å². The first kappa shape index (κ1) is 21.1. The summed E-state index contributed by atoms with van der Waals surface area (Å²) in [5.41, 5.74) is 6.10. The van der Waals surface area contributed by atoms with Crippen LogP contribution in [-0.2, 0) is 4.74 Å². The second kappa shape index (κ2) is 9.80. The van der Waals surface area contributed by atoms with Crippen LogP contribution in [0.15, 0.2) is 90.5 Å². The lowest BCUT2D eigenvalue weighted by molar-refractivity contribution is 0.117. The summed E-state index contributed by atoms with van der Waals surface area (Å²) in [6.07, 6.45) is 8.52. The Morgan fingerprint density at radius 3 is 2.52 bits per heavy atom. The van der Waals surface area contributed by atoms with Gasteiger partial charge in [-0.25, -0.2) is 0 Å². The molecule has 0 spiro atoms. The average Bonchev–Trinajstić information content (AvgIpc) is 3.28. The maximum absolute atomic E-state index is 10.3. The summed E-state index contributed by atoms with van der Waals surface area (Å²) < 4.78 is 6.04. The molecule has 0 aromatic heterocycles. The lowest BCUT2D eigenvalue weighted by Crippen LogP contribution is -2.11. The van der Waals surface area contributed by atoms with Crippen molar-refractivity contribution in [3.05, 3.63) is 102 Å². The molecular formula is C29H30O2. The smallest absolute Gasteiger partial charge is 0.123 e. The third-order valence-electron chi connectivity index (χ3n) is 5.99. The van der Waals surface area contributed by atoms with Crippen molar-refractivity contribution in [2.24, 2.45) is 0 Å². The van der Waals surface area contributed by atoms with Crippen LogP contribution in [0.2, 0.25) is 0 Å². The second-order valence-electron chi connectivity index (χ2n) is 8.13. The molecule has 0 saturated carbocycles. The van der Waals surface area contributed by atoms with Crippen LogP contribution in [-0.4, -0.2) is 17.8 Å². The van der Waals surface area contributed by atoms with Gasteiger partial charge in [-0.15, -0.1) is 0 Å². The van der Waals surface area contributed by atoms with Crippen LogP contribution < -0.4 is 0 Å². The Bertz CT molecular complexity index is 1120. The van der Waals surface area contributed by atoms with Crippen molar-refractivity contribution in [3.8, 4) is 5.75 Å². The first-order valence-electron chi connectivity index (χ1n) is 11.1. The van der Waals surface area contributed by atoms with Crippen molar-refractivity contribution in [1.82, 2.24) is 0 Å². The minimum Gasteiger partial charge on any atom is -0.507 e. The largest absolute Gasteiger partial charge is 0.507 e. The molecule has 1 aliphatic heterocycles. The summed E-state index contributed by atoms with van der Waals surface area (Å²) in [6.45, 7) is 7.15. The van der Waals surface area contributed by atoms with E-state index in [4.69, 9.17) is 4.74 Å². The fourth-order valence-corrected chi connectivity index (χ4v) is 4.39. The van der Waals surface area contributed by atoms with Gasteiger partial charge in [0, 0.05) is 5.39 Å². The van der Waals surface area contributed by atoms with Crippen molar-refractivity contribution in [1.29, 1.82) is 0 Å². The van der Waals surface area contributed by atoms with E-state index in [2.05, 4.69) is 56.0 Å². The maximum Gasteiger partial charge on any atom is 0.123 e. The monoisotopic (exact) mass is 410 g/mol. The Morgan fingerprint density at radius 2 is 1.74 bits per heavy atom. The van der Waals surface area contributed by atoms with E-state index in [0.717, 1.165) is 42.0 Å². The summed E-state index contributed by atoms with van der Waals surface area (Å²) in [5.74, 6) is 0.317. The highest BCUT2D eigenvalue weighted by Crippen LogP contribution is 2.34. The molecule has 1 aliphatic rings. The number of hydrogen-bond acceptors (Lipinski definition) is 2. The summed E-state index contributed by atoms with van der Waals surface area (Å²) in [4.78, 5) is 0. The number of fused-ring (bicyclic) bond motifs is 1. The molecule has 4 rings (SSSR count). The van der Waals surface area contributed by atoms with Crippen molar-refractivity contribution in [3.63, 3.8) is 0 Å². The van der Waals surface area contributed by atoms with Gasteiger partial charge in [0.1, 0.15) is 5.75 Å². The van der Waals surface area contributed by atoms with Gasteiger partial charge in [-0.05, 0) is 58.6 Å². The molecule has 1 heterocycles. The summed E-state index contributed by atoms with van der Waals surface area (Å²) in [7, 11) is 0. The van der Waals surface area contributed by atoms with Crippen LogP contribution in [0, 0.1) is 0 Å². The lowest BCUT2D eigenvalue weighted by Gasteiger charge is -2.18. The maximum atomic E-state index is 10.3. The van der Waals surface area contributed by atoms with E-state index in [9.17, 15) is 5.11 Å². The highest BCUT2D eigenvalue weighted by Gasteiger charge is 2.22. The number of aromatic hydroxyl groups is 1. The highest BCUT2D eigenvalue weighted by atomic mass is 16.5. The molecule has 0 amide bonds. The minimum absolute atomic E-state index is 0.114. The van der Waals surface area contributed by atoms with Crippen LogP contribution in [0.3, 0.4) is 0 Å². The number of allylic oxidation sites excluding steroid dienone is 1. The van der Waals surface area contributed by atoms with Crippen LogP contribution in [0.25, 0.3) is 22.4 Å². The number of phenolic OH excluding ortho intramolecular Hbond substituents is 1. The molecule has 2 heteroatoms. The molecule has 0 aliphatic carbocycles. The van der Waals surface area contributed by atoms with Gasteiger partial charge in [0.15, 0.2) is 0 Å². The topological polar surface area (TPSA) is 29.5 Å². The van der Waals surface area contributed by atoms with E-state index in [1.807, 2.05) is 30.3 Å². The van der Waals surface area contributed by atoms with Crippen molar-refractivity contribution in [2.45, 2.75) is 38.7 Å². The van der Waals surface area contributed by atoms with E-state index in [-0.39, 0.29) is 6.10 Å². The molecule has 31 heavy (non-hydrogen) atoms. The summed E-state index contributed by atoms with van der Waals surface area (Å²) in [5, 5.41) is 12.2. The molecule has 0 radical (unpaired) electrons. The number of hydrogen-bond donors (Lipinski definition) is 1. The van der Waals surface area contributed by atoms with E-state index in [1.165, 1.54) is 22.3 Å². The zero-order valence-corrected chi connectivity index (χ0v) is 18.2. The molecule has 0 fully saturated rings. The van der Waals surface area contributed by atoms with Gasteiger partial charge in [-0.2, -0.15) is 0 Å². The van der Waals surface area contributed by atoms with E-state index < -0.39 is 0 Å². The SMILES string of the molecule is C=C(CCC)C1=CCOC1CC/C(=C/c1ccc(O)c2ccccc12)c1ccccc1. The number of benzene rings is 3. The standard InChI is InChI=1S/C29H30O2/c1-3-9-21(2)25-18-19-31-29(25)17-15-23(22-10-5-4-6-11-22)20-24-14-16-28(30)27-13-8-7-12-26(24)27/h4-8,10-14,16,18,20,29-30H,2-3,9,15,17,19H2,1H3/b23-20-. The molecule has 0 saturated heterocycles. The Kier molecular flexibility index (Phi) is 6.69. The Morgan fingerprint density at radius 1 is 1.00 bits per heavy atom. The fourth-order valence-electron chi connectivity index (χ4n) is 4.39. The van der Waals surface area contributed by atoms with E-state index in [0.29, 0.717) is 12.4 Å². The van der Waals surface area contributed by atoms with E-state index in [1.54, 1.807) is 6.07 Å². The third kappa shape index (κ3) is 4.81. The van der Waals surface area contributed by atoms with Gasteiger partial charge >= 0.3 is 0 Å². The van der Waals surface area contributed by atoms with Crippen LogP contribution in [0.1, 0.15) is 43.7 Å². The van der Waals surface area contributed by atoms with Gasteiger partial charge in [0.25, 0.3) is 0 Å². The zero-order valence-electron chi connectivity index (χ0n) is 18.2. The molecule has 1 N–H and O–H groups in total.